The molecule has 2 atom stereocenters. The number of nitrogens with zero attached hydrogens (tertiary/aromatic N) is 6. The van der Waals surface area contributed by atoms with Crippen LogP contribution in [0.3, 0.4) is 0 Å². The molecule has 0 aliphatic carbocycles. The van der Waals surface area contributed by atoms with E-state index < -0.39 is 23.3 Å². The van der Waals surface area contributed by atoms with Crippen LogP contribution in [0.2, 0.25) is 0 Å². The van der Waals surface area contributed by atoms with Crippen molar-refractivity contribution in [1.82, 2.24) is 35.0 Å². The Morgan fingerprint density at radius 3 is 2.77 bits per heavy atom. The number of β-lactam (4-membered cyclic amide) rings is 1. The van der Waals surface area contributed by atoms with Crippen LogP contribution in [0.5, 0.6) is 0 Å². The maximum Gasteiger partial charge on any atom is 1.00 e. The van der Waals surface area contributed by atoms with E-state index >= 15 is 0 Å². The summed E-state index contributed by atoms with van der Waals surface area (Å²) in [7, 11) is 1.69. The van der Waals surface area contributed by atoms with Crippen molar-refractivity contribution in [3.63, 3.8) is 0 Å². The van der Waals surface area contributed by atoms with E-state index in [2.05, 4.69) is 20.8 Å². The molecule has 14 heteroatoms. The maximum absolute atomic E-state index is 12.6. The third kappa shape index (κ3) is 4.44. The summed E-state index contributed by atoms with van der Waals surface area (Å²) in [5.74, 6) is -1.07. The van der Waals surface area contributed by atoms with Crippen LogP contribution in [0, 0.1) is 0 Å². The third-order valence-electron chi connectivity index (χ3n) is 4.52. The molecule has 30 heavy (non-hydrogen) atoms. The summed E-state index contributed by atoms with van der Waals surface area (Å²) in [5, 5.41) is 23.7. The Morgan fingerprint density at radius 2 is 2.13 bits per heavy atom. The van der Waals surface area contributed by atoms with E-state index in [0.29, 0.717) is 22.2 Å². The van der Waals surface area contributed by atoms with Gasteiger partial charge < -0.3 is 16.4 Å². The van der Waals surface area contributed by atoms with Crippen LogP contribution in [-0.4, -0.2) is 75.5 Å². The largest absolute Gasteiger partial charge is 1.00 e. The first-order chi connectivity index (χ1) is 14.0. The van der Waals surface area contributed by atoms with E-state index in [-0.39, 0.29) is 49.1 Å². The average Bonchev–Trinajstić information content (AvgIpc) is 3.35. The van der Waals surface area contributed by atoms with Gasteiger partial charge in [-0.3, -0.25) is 14.5 Å². The molecule has 2 amide bonds. The van der Waals surface area contributed by atoms with Crippen molar-refractivity contribution in [3.05, 3.63) is 35.8 Å². The number of aliphatic carboxylic acids is 1. The van der Waals surface area contributed by atoms with E-state index in [9.17, 15) is 19.5 Å². The van der Waals surface area contributed by atoms with Crippen molar-refractivity contribution in [2.24, 2.45) is 7.05 Å². The SMILES string of the molecule is Cn1nnnc1SCC1=C(C(=O)O)N2C(=O)C(NC(=O)Cn3cccc3)C2SC1.[H-].[Na+]. The molecule has 4 rings (SSSR count). The summed E-state index contributed by atoms with van der Waals surface area (Å²) in [4.78, 5) is 38.0. The zero-order valence-corrected chi connectivity index (χ0v) is 19.9. The van der Waals surface area contributed by atoms with Crippen molar-refractivity contribution in [1.29, 1.82) is 0 Å². The first-order valence-electron chi connectivity index (χ1n) is 8.61. The van der Waals surface area contributed by atoms with Crippen molar-refractivity contribution >= 4 is 41.3 Å². The predicted octanol–water partition coefficient (Wildman–Crippen LogP) is -3.34. The van der Waals surface area contributed by atoms with E-state index in [0.717, 1.165) is 0 Å². The first kappa shape index (κ1) is 22.9. The van der Waals surface area contributed by atoms with Gasteiger partial charge in [0, 0.05) is 30.9 Å². The molecule has 2 aromatic heterocycles. The molecule has 1 saturated heterocycles. The summed E-state index contributed by atoms with van der Waals surface area (Å²) in [6, 6.07) is 2.89. The van der Waals surface area contributed by atoms with Crippen LogP contribution in [-0.2, 0) is 28.0 Å². The number of carboxylic acids is 1. The molecule has 4 heterocycles. The van der Waals surface area contributed by atoms with Crippen molar-refractivity contribution in [3.8, 4) is 0 Å². The number of aromatic nitrogens is 5. The van der Waals surface area contributed by atoms with Gasteiger partial charge in [-0.05, 0) is 28.1 Å². The Kier molecular flexibility index (Phi) is 7.29. The van der Waals surface area contributed by atoms with Crippen LogP contribution in [0.4, 0.5) is 0 Å². The van der Waals surface area contributed by atoms with Gasteiger partial charge in [-0.1, -0.05) is 11.8 Å². The third-order valence-corrected chi connectivity index (χ3v) is 6.95. The molecule has 2 N–H and O–H groups in total. The van der Waals surface area contributed by atoms with Crippen molar-refractivity contribution < 1.29 is 50.5 Å². The molecule has 2 unspecified atom stereocenters. The second-order valence-corrected chi connectivity index (χ2v) is 8.49. The minimum atomic E-state index is -1.16. The Labute approximate surface area is 203 Å². The van der Waals surface area contributed by atoms with Crippen molar-refractivity contribution in [2.45, 2.75) is 23.1 Å². The van der Waals surface area contributed by atoms with Crippen molar-refractivity contribution in [2.75, 3.05) is 11.5 Å². The average molecular weight is 459 g/mol. The number of fused-ring (bicyclic) bond motifs is 1. The summed E-state index contributed by atoms with van der Waals surface area (Å²) >= 11 is 2.74. The maximum atomic E-state index is 12.6. The number of carboxylic acid groups (broad SMARTS) is 1. The summed E-state index contributed by atoms with van der Waals surface area (Å²) in [6.07, 6.45) is 3.51. The Balaban J connectivity index is 0.00000171. The minimum Gasteiger partial charge on any atom is -1.00 e. The summed E-state index contributed by atoms with van der Waals surface area (Å²) in [6.45, 7) is 0.101. The molecule has 1 fully saturated rings. The van der Waals surface area contributed by atoms with Gasteiger partial charge in [-0.2, -0.15) is 0 Å². The van der Waals surface area contributed by atoms with Gasteiger partial charge in [0.2, 0.25) is 11.1 Å². The molecule has 0 spiro atoms. The second kappa shape index (κ2) is 9.56. The van der Waals surface area contributed by atoms with Crippen LogP contribution in [0.15, 0.2) is 41.0 Å². The zero-order valence-electron chi connectivity index (χ0n) is 17.3. The molecule has 154 valence electrons. The number of tetrazole rings is 1. The van der Waals surface area contributed by atoms with E-state index in [1.807, 2.05) is 0 Å². The second-order valence-electron chi connectivity index (χ2n) is 6.44. The van der Waals surface area contributed by atoms with E-state index in [1.165, 1.54) is 33.1 Å². The number of carbonyl (C=O) groups is 3. The van der Waals surface area contributed by atoms with Gasteiger partial charge in [0.05, 0.1) is 0 Å². The number of thioether (sulfide) groups is 2. The number of hydrogen-bond donors (Lipinski definition) is 2. The standard InChI is InChI=1S/C16H17N7O4S2.Na.H/c1-21-16(18-19-20-21)29-8-9-7-28-14-11(13(25)23(14)12(9)15(26)27)17-10(24)6-22-4-2-3-5-22;;/h2-5,11,14H,6-8H2,1H3,(H,17,24)(H,26,27);;/q;+1;-1. The van der Waals surface area contributed by atoms with Gasteiger partial charge >= 0.3 is 35.5 Å². The smallest absolute Gasteiger partial charge is 1.00 e. The quantitative estimate of drug-likeness (QED) is 0.247. The van der Waals surface area contributed by atoms with Gasteiger partial charge in [-0.15, -0.1) is 16.9 Å². The van der Waals surface area contributed by atoms with Gasteiger partial charge in [0.25, 0.3) is 5.91 Å². The Morgan fingerprint density at radius 1 is 1.40 bits per heavy atom. The fourth-order valence-corrected chi connectivity index (χ4v) is 5.48. The number of hydrogen-bond acceptors (Lipinski definition) is 8. The summed E-state index contributed by atoms with van der Waals surface area (Å²) < 4.78 is 3.19. The molecule has 11 nitrogen and oxygen atoms in total. The Bertz CT molecular complexity index is 1000. The number of carbonyl (C=O) groups excluding carboxylic acids is 2. The topological polar surface area (TPSA) is 135 Å². The fraction of sp³-hybridized carbons (Fsp3) is 0.375. The molecular weight excluding hydrogens is 441 g/mol. The minimum absolute atomic E-state index is 0. The first-order valence-corrected chi connectivity index (χ1v) is 10.6. The molecule has 0 saturated carbocycles. The number of nitrogens with one attached hydrogen (secondary N) is 1. The van der Waals surface area contributed by atoms with Gasteiger partial charge in [0.1, 0.15) is 23.7 Å². The number of rotatable bonds is 7. The molecule has 0 aromatic carbocycles. The van der Waals surface area contributed by atoms with Crippen LogP contribution in [0.25, 0.3) is 0 Å². The van der Waals surface area contributed by atoms with Gasteiger partial charge in [-0.25, -0.2) is 9.48 Å². The van der Waals surface area contributed by atoms with Gasteiger partial charge in [0.15, 0.2) is 0 Å². The molecular formula is C16H18N7NaO4S2. The Hall–Kier alpha value is -1.80. The molecule has 2 aliphatic heterocycles. The van der Waals surface area contributed by atoms with Crippen LogP contribution >= 0.6 is 23.5 Å². The molecule has 0 radical (unpaired) electrons. The van der Waals surface area contributed by atoms with E-state index in [4.69, 9.17) is 0 Å². The predicted molar refractivity (Wildman–Crippen MR) is 105 cm³/mol. The zero-order chi connectivity index (χ0) is 20.5. The fourth-order valence-electron chi connectivity index (χ4n) is 3.15. The van der Waals surface area contributed by atoms with Crippen LogP contribution < -0.4 is 34.9 Å². The molecule has 2 aromatic rings. The van der Waals surface area contributed by atoms with Crippen LogP contribution in [0.1, 0.15) is 1.43 Å². The normalized spacial score (nSPS) is 20.3. The van der Waals surface area contributed by atoms with E-state index in [1.54, 1.807) is 36.1 Å². The molecule has 0 bridgehead atoms. The summed E-state index contributed by atoms with van der Waals surface area (Å²) in [5.41, 5.74) is 0.606. The molecule has 2 aliphatic rings. The monoisotopic (exact) mass is 459 g/mol. The number of amides is 2. The number of aryl methyl sites for hydroxylation is 1.